The van der Waals surface area contributed by atoms with E-state index in [9.17, 15) is 18.0 Å². The second-order valence-corrected chi connectivity index (χ2v) is 6.11. The smallest absolute Gasteiger partial charge is 0.288 e. The summed E-state index contributed by atoms with van der Waals surface area (Å²) in [6, 6.07) is 11.8. The lowest BCUT2D eigenvalue weighted by molar-refractivity contribution is -0.117. The summed E-state index contributed by atoms with van der Waals surface area (Å²) in [6.45, 7) is -0.248. The molecule has 1 aromatic heterocycles. The van der Waals surface area contributed by atoms with Gasteiger partial charge < -0.3 is 5.32 Å². The van der Waals surface area contributed by atoms with Gasteiger partial charge in [-0.3, -0.25) is 4.79 Å². The summed E-state index contributed by atoms with van der Waals surface area (Å²) in [5.74, 6) is -3.23. The van der Waals surface area contributed by atoms with Gasteiger partial charge in [0.2, 0.25) is 11.7 Å². The Kier molecular flexibility index (Phi) is 5.52. The summed E-state index contributed by atoms with van der Waals surface area (Å²) >= 11 is 0.347. The molecule has 0 bridgehead atoms. The van der Waals surface area contributed by atoms with Crippen molar-refractivity contribution in [3.63, 3.8) is 0 Å². The number of halogens is 3. The Morgan fingerprint density at radius 2 is 1.88 bits per heavy atom. The van der Waals surface area contributed by atoms with E-state index in [1.807, 2.05) is 0 Å². The maximum Gasteiger partial charge on any atom is 0.288 e. The van der Waals surface area contributed by atoms with Crippen molar-refractivity contribution in [1.29, 1.82) is 0 Å². The Labute approximate surface area is 150 Å². The Morgan fingerprint density at radius 1 is 1.15 bits per heavy atom. The van der Waals surface area contributed by atoms with Crippen LogP contribution in [-0.2, 0) is 11.3 Å². The van der Waals surface area contributed by atoms with Crippen molar-refractivity contribution >= 4 is 23.4 Å². The first-order chi connectivity index (χ1) is 12.5. The summed E-state index contributed by atoms with van der Waals surface area (Å²) in [7, 11) is 0. The summed E-state index contributed by atoms with van der Waals surface area (Å²) in [6.07, 6.45) is 0. The average molecular weight is 379 g/mol. The summed E-state index contributed by atoms with van der Waals surface area (Å²) < 4.78 is 38.1. The standard InChI is InChI=1S/C16H12F3N5OS/c17-11-7-5-10(6-8-11)15-21-23-24(22-15)9-14(25)20-12-3-1-2-4-13(12)26-16(18)19/h1-8,16H,9H2,(H,20,25). The van der Waals surface area contributed by atoms with Crippen molar-refractivity contribution in [3.8, 4) is 11.4 Å². The van der Waals surface area contributed by atoms with E-state index in [1.165, 1.54) is 36.4 Å². The van der Waals surface area contributed by atoms with E-state index in [2.05, 4.69) is 20.7 Å². The van der Waals surface area contributed by atoms with E-state index in [0.29, 0.717) is 17.3 Å². The molecule has 10 heteroatoms. The molecule has 0 aliphatic rings. The number of thioether (sulfide) groups is 1. The van der Waals surface area contributed by atoms with E-state index in [4.69, 9.17) is 0 Å². The highest BCUT2D eigenvalue weighted by atomic mass is 32.2. The maximum absolute atomic E-state index is 12.9. The first-order valence-corrected chi connectivity index (χ1v) is 8.26. The molecule has 1 heterocycles. The molecule has 134 valence electrons. The number of carbonyl (C=O) groups excluding carboxylic acids is 1. The van der Waals surface area contributed by atoms with Crippen LogP contribution >= 0.6 is 11.8 Å². The fourth-order valence-electron chi connectivity index (χ4n) is 2.11. The molecule has 0 aliphatic carbocycles. The van der Waals surface area contributed by atoms with Crippen LogP contribution in [0.1, 0.15) is 0 Å². The zero-order valence-corrected chi connectivity index (χ0v) is 14.0. The third-order valence-corrected chi connectivity index (χ3v) is 4.01. The molecule has 0 saturated carbocycles. The summed E-state index contributed by atoms with van der Waals surface area (Å²) in [5, 5.41) is 14.2. The van der Waals surface area contributed by atoms with Crippen LogP contribution in [0, 0.1) is 5.82 Å². The van der Waals surface area contributed by atoms with Gasteiger partial charge in [0.1, 0.15) is 12.4 Å². The van der Waals surface area contributed by atoms with Gasteiger partial charge in [-0.25, -0.2) is 4.39 Å². The third kappa shape index (κ3) is 4.60. The van der Waals surface area contributed by atoms with Crippen LogP contribution in [0.5, 0.6) is 0 Å². The van der Waals surface area contributed by atoms with Crippen molar-refractivity contribution in [3.05, 3.63) is 54.3 Å². The largest absolute Gasteiger partial charge is 0.323 e. The second-order valence-electron chi connectivity index (χ2n) is 5.07. The third-order valence-electron chi connectivity index (χ3n) is 3.22. The van der Waals surface area contributed by atoms with Gasteiger partial charge in [0.15, 0.2) is 0 Å². The average Bonchev–Trinajstić information content (AvgIpc) is 3.05. The predicted molar refractivity (Wildman–Crippen MR) is 90.1 cm³/mol. The molecule has 1 amide bonds. The van der Waals surface area contributed by atoms with Gasteiger partial charge in [-0.15, -0.1) is 10.2 Å². The number of benzene rings is 2. The normalized spacial score (nSPS) is 10.9. The summed E-state index contributed by atoms with van der Waals surface area (Å²) in [4.78, 5) is 13.4. The molecule has 0 aliphatic heterocycles. The number of hydrogen-bond donors (Lipinski definition) is 1. The quantitative estimate of drug-likeness (QED) is 0.665. The van der Waals surface area contributed by atoms with Gasteiger partial charge in [0, 0.05) is 10.5 Å². The lowest BCUT2D eigenvalue weighted by atomic mass is 10.2. The van der Waals surface area contributed by atoms with Crippen molar-refractivity contribution < 1.29 is 18.0 Å². The number of alkyl halides is 2. The number of aromatic nitrogens is 4. The Balaban J connectivity index is 1.67. The maximum atomic E-state index is 12.9. The highest BCUT2D eigenvalue weighted by Gasteiger charge is 2.13. The van der Waals surface area contributed by atoms with E-state index in [0.717, 1.165) is 4.80 Å². The molecule has 3 aromatic rings. The van der Waals surface area contributed by atoms with Crippen LogP contribution in [-0.4, -0.2) is 31.9 Å². The van der Waals surface area contributed by atoms with Gasteiger partial charge in [0.25, 0.3) is 5.76 Å². The Morgan fingerprint density at radius 3 is 2.62 bits per heavy atom. The fourth-order valence-corrected chi connectivity index (χ4v) is 2.71. The van der Waals surface area contributed by atoms with Crippen LogP contribution in [0.15, 0.2) is 53.4 Å². The number of amides is 1. The lowest BCUT2D eigenvalue weighted by Gasteiger charge is -2.09. The van der Waals surface area contributed by atoms with Gasteiger partial charge in [-0.05, 0) is 41.6 Å². The number of carbonyl (C=O) groups is 1. The van der Waals surface area contributed by atoms with Crippen molar-refractivity contribution in [2.45, 2.75) is 17.2 Å². The van der Waals surface area contributed by atoms with E-state index in [1.54, 1.807) is 12.1 Å². The van der Waals surface area contributed by atoms with E-state index < -0.39 is 11.7 Å². The van der Waals surface area contributed by atoms with Gasteiger partial charge in [0.05, 0.1) is 5.69 Å². The molecule has 0 radical (unpaired) electrons. The van der Waals surface area contributed by atoms with Gasteiger partial charge in [-0.1, -0.05) is 23.9 Å². The molecule has 0 fully saturated rings. The highest BCUT2D eigenvalue weighted by Crippen LogP contribution is 2.31. The van der Waals surface area contributed by atoms with Gasteiger partial charge >= 0.3 is 0 Å². The number of rotatable bonds is 6. The second kappa shape index (κ2) is 8.00. The Hall–Kier alpha value is -2.88. The van der Waals surface area contributed by atoms with Crippen molar-refractivity contribution in [2.75, 3.05) is 5.32 Å². The molecule has 0 unspecified atom stereocenters. The molecule has 0 spiro atoms. The molecule has 2 aromatic carbocycles. The monoisotopic (exact) mass is 379 g/mol. The highest BCUT2D eigenvalue weighted by molar-refractivity contribution is 7.99. The van der Waals surface area contributed by atoms with Crippen LogP contribution in [0.2, 0.25) is 0 Å². The molecular weight excluding hydrogens is 367 g/mol. The lowest BCUT2D eigenvalue weighted by Crippen LogP contribution is -2.20. The summed E-state index contributed by atoms with van der Waals surface area (Å²) in [5.41, 5.74) is 0.832. The molecule has 26 heavy (non-hydrogen) atoms. The van der Waals surface area contributed by atoms with Crippen LogP contribution < -0.4 is 5.32 Å². The molecule has 3 rings (SSSR count). The number of anilines is 1. The zero-order valence-electron chi connectivity index (χ0n) is 13.1. The van der Waals surface area contributed by atoms with Crippen molar-refractivity contribution in [1.82, 2.24) is 20.2 Å². The van der Waals surface area contributed by atoms with E-state index in [-0.39, 0.29) is 28.8 Å². The molecule has 6 nitrogen and oxygen atoms in total. The van der Waals surface area contributed by atoms with Crippen LogP contribution in [0.25, 0.3) is 11.4 Å². The minimum atomic E-state index is -2.59. The van der Waals surface area contributed by atoms with Gasteiger partial charge in [-0.2, -0.15) is 13.6 Å². The Bertz CT molecular complexity index is 901. The fraction of sp³-hybridized carbons (Fsp3) is 0.125. The van der Waals surface area contributed by atoms with E-state index >= 15 is 0 Å². The first kappa shape index (κ1) is 17.9. The number of nitrogens with zero attached hydrogens (tertiary/aromatic N) is 4. The topological polar surface area (TPSA) is 72.7 Å². The predicted octanol–water partition coefficient (Wildman–Crippen LogP) is 3.43. The molecular formula is C16H12F3N5OS. The van der Waals surface area contributed by atoms with Crippen LogP contribution in [0.4, 0.5) is 18.9 Å². The minimum absolute atomic E-state index is 0.242. The van der Waals surface area contributed by atoms with Crippen molar-refractivity contribution in [2.24, 2.45) is 0 Å². The zero-order chi connectivity index (χ0) is 18.5. The number of tetrazole rings is 1. The van der Waals surface area contributed by atoms with Crippen LogP contribution in [0.3, 0.4) is 0 Å². The molecule has 0 saturated heterocycles. The first-order valence-electron chi connectivity index (χ1n) is 7.39. The number of nitrogens with one attached hydrogen (secondary N) is 1. The number of para-hydroxylation sites is 1. The number of hydrogen-bond acceptors (Lipinski definition) is 5. The SMILES string of the molecule is O=C(Cn1nnc(-c2ccc(F)cc2)n1)Nc1ccccc1SC(F)F. The molecule has 1 N–H and O–H groups in total. The minimum Gasteiger partial charge on any atom is -0.323 e. The molecule has 0 atom stereocenters.